The largest absolute Gasteiger partial charge is 0.494 e. The Morgan fingerprint density at radius 2 is 1.67 bits per heavy atom. The van der Waals surface area contributed by atoms with Crippen molar-refractivity contribution in [3.8, 4) is 17.2 Å². The van der Waals surface area contributed by atoms with Crippen LogP contribution in [0.3, 0.4) is 0 Å². The zero-order valence-electron chi connectivity index (χ0n) is 18.6. The Morgan fingerprint density at radius 3 is 2.30 bits per heavy atom. The number of hydrogen-bond acceptors (Lipinski definition) is 6. The van der Waals surface area contributed by atoms with Crippen LogP contribution in [0.15, 0.2) is 42.0 Å². The van der Waals surface area contributed by atoms with Gasteiger partial charge in [-0.25, -0.2) is 9.69 Å². The summed E-state index contributed by atoms with van der Waals surface area (Å²) in [6.07, 6.45) is 2.15. The first kappa shape index (κ1) is 24.1. The Balaban J connectivity index is 1.97. The summed E-state index contributed by atoms with van der Waals surface area (Å²) in [6.45, 7) is 6.96. The van der Waals surface area contributed by atoms with E-state index in [0.29, 0.717) is 48.3 Å². The van der Waals surface area contributed by atoms with E-state index in [1.54, 1.807) is 36.4 Å². The number of urea groups is 1. The number of benzene rings is 2. The van der Waals surface area contributed by atoms with E-state index < -0.39 is 17.8 Å². The number of rotatable bonds is 9. The van der Waals surface area contributed by atoms with Gasteiger partial charge in [-0.2, -0.15) is 0 Å². The molecule has 1 fully saturated rings. The number of imide groups is 2. The van der Waals surface area contributed by atoms with Crippen LogP contribution in [0, 0.1) is 0 Å². The van der Waals surface area contributed by atoms with Crippen LogP contribution >= 0.6 is 11.6 Å². The van der Waals surface area contributed by atoms with E-state index in [9.17, 15) is 14.4 Å². The van der Waals surface area contributed by atoms with Crippen molar-refractivity contribution in [2.24, 2.45) is 0 Å². The van der Waals surface area contributed by atoms with Gasteiger partial charge in [0, 0.05) is 0 Å². The fraction of sp³-hybridized carbons (Fsp3) is 0.292. The standard InChI is InChI=1S/C24H25ClN2O6/c1-4-11-33-21-19(25)13-15(14-20(21)32-6-3)12-18-22(28)26-24(30)27(23(18)29)16-7-9-17(10-8-16)31-5-2/h7-10,12-14H,4-6,11H2,1-3H3,(H,26,28,30)/b18-12+. The van der Waals surface area contributed by atoms with Crippen molar-refractivity contribution < 1.29 is 28.6 Å². The first-order valence-corrected chi connectivity index (χ1v) is 11.0. The van der Waals surface area contributed by atoms with Crippen molar-refractivity contribution in [3.63, 3.8) is 0 Å². The SMILES string of the molecule is CCCOc1c(Cl)cc(/C=C2\C(=O)NC(=O)N(c3ccc(OCC)cc3)C2=O)cc1OCC. The maximum atomic E-state index is 13.1. The summed E-state index contributed by atoms with van der Waals surface area (Å²) < 4.78 is 16.7. The molecule has 0 unspecified atom stereocenters. The molecule has 8 nitrogen and oxygen atoms in total. The summed E-state index contributed by atoms with van der Waals surface area (Å²) in [7, 11) is 0. The smallest absolute Gasteiger partial charge is 0.335 e. The number of amides is 4. The number of barbiturate groups is 1. The van der Waals surface area contributed by atoms with Gasteiger partial charge < -0.3 is 14.2 Å². The monoisotopic (exact) mass is 472 g/mol. The summed E-state index contributed by atoms with van der Waals surface area (Å²) in [5, 5.41) is 2.48. The lowest BCUT2D eigenvalue weighted by Crippen LogP contribution is -2.54. The molecule has 33 heavy (non-hydrogen) atoms. The molecule has 1 heterocycles. The van der Waals surface area contributed by atoms with Crippen LogP contribution < -0.4 is 24.4 Å². The highest BCUT2D eigenvalue weighted by Crippen LogP contribution is 2.37. The molecule has 0 bridgehead atoms. The highest BCUT2D eigenvalue weighted by Gasteiger charge is 2.36. The summed E-state index contributed by atoms with van der Waals surface area (Å²) in [5.74, 6) is -0.163. The van der Waals surface area contributed by atoms with Crippen LogP contribution in [0.1, 0.15) is 32.8 Å². The van der Waals surface area contributed by atoms with Crippen LogP contribution in [0.2, 0.25) is 5.02 Å². The van der Waals surface area contributed by atoms with Crippen molar-refractivity contribution in [1.29, 1.82) is 0 Å². The molecule has 0 aliphatic carbocycles. The fourth-order valence-electron chi connectivity index (χ4n) is 3.20. The maximum absolute atomic E-state index is 13.1. The molecule has 1 saturated heterocycles. The topological polar surface area (TPSA) is 94.2 Å². The normalized spacial score (nSPS) is 15.0. The Bertz CT molecular complexity index is 1080. The van der Waals surface area contributed by atoms with Crippen molar-refractivity contribution >= 4 is 41.2 Å². The second-order valence-corrected chi connectivity index (χ2v) is 7.40. The molecule has 2 aromatic rings. The second kappa shape index (κ2) is 10.9. The zero-order valence-corrected chi connectivity index (χ0v) is 19.4. The molecule has 1 aliphatic rings. The Hall–Kier alpha value is -3.52. The molecule has 0 saturated carbocycles. The van der Waals surface area contributed by atoms with Crippen LogP contribution in [-0.4, -0.2) is 37.7 Å². The van der Waals surface area contributed by atoms with E-state index in [4.69, 9.17) is 25.8 Å². The minimum Gasteiger partial charge on any atom is -0.494 e. The zero-order chi connectivity index (χ0) is 24.0. The molecule has 4 amide bonds. The van der Waals surface area contributed by atoms with Gasteiger partial charge in [-0.05, 0) is 68.3 Å². The molecule has 2 aromatic carbocycles. The molecule has 174 valence electrons. The average Bonchev–Trinajstić information content (AvgIpc) is 2.77. The number of anilines is 1. The minimum absolute atomic E-state index is 0.218. The number of nitrogens with zero attached hydrogens (tertiary/aromatic N) is 1. The van der Waals surface area contributed by atoms with Gasteiger partial charge in [0.2, 0.25) is 0 Å². The lowest BCUT2D eigenvalue weighted by Gasteiger charge is -2.26. The molecule has 3 rings (SSSR count). The molecule has 0 aromatic heterocycles. The van der Waals surface area contributed by atoms with Gasteiger partial charge in [0.1, 0.15) is 11.3 Å². The summed E-state index contributed by atoms with van der Waals surface area (Å²) in [6, 6.07) is 8.79. The second-order valence-electron chi connectivity index (χ2n) is 7.00. The van der Waals surface area contributed by atoms with Crippen LogP contribution in [0.5, 0.6) is 17.2 Å². The summed E-state index contributed by atoms with van der Waals surface area (Å²) in [4.78, 5) is 38.9. The van der Waals surface area contributed by atoms with Crippen molar-refractivity contribution in [1.82, 2.24) is 5.32 Å². The van der Waals surface area contributed by atoms with Gasteiger partial charge >= 0.3 is 6.03 Å². The van der Waals surface area contributed by atoms with Crippen molar-refractivity contribution in [2.75, 3.05) is 24.7 Å². The minimum atomic E-state index is -0.831. The molecular formula is C24H25ClN2O6. The molecule has 1 aliphatic heterocycles. The van der Waals surface area contributed by atoms with Crippen molar-refractivity contribution in [2.45, 2.75) is 27.2 Å². The molecular weight excluding hydrogens is 448 g/mol. The van der Waals surface area contributed by atoms with Gasteiger partial charge in [-0.1, -0.05) is 18.5 Å². The molecule has 0 spiro atoms. The number of carbonyl (C=O) groups is 3. The van der Waals surface area contributed by atoms with Crippen LogP contribution in [0.25, 0.3) is 6.08 Å². The van der Waals surface area contributed by atoms with Crippen LogP contribution in [0.4, 0.5) is 10.5 Å². The first-order valence-electron chi connectivity index (χ1n) is 10.6. The van der Waals surface area contributed by atoms with Crippen molar-refractivity contribution in [3.05, 3.63) is 52.6 Å². The van der Waals surface area contributed by atoms with Gasteiger partial charge in [-0.3, -0.25) is 14.9 Å². The lowest BCUT2D eigenvalue weighted by molar-refractivity contribution is -0.122. The Morgan fingerprint density at radius 1 is 0.970 bits per heavy atom. The van der Waals surface area contributed by atoms with E-state index >= 15 is 0 Å². The van der Waals surface area contributed by atoms with E-state index in [2.05, 4.69) is 5.32 Å². The highest BCUT2D eigenvalue weighted by molar-refractivity contribution is 6.39. The number of ether oxygens (including phenoxy) is 3. The van der Waals surface area contributed by atoms with Gasteiger partial charge in [0.15, 0.2) is 11.5 Å². The number of halogens is 1. The molecule has 9 heteroatoms. The van der Waals surface area contributed by atoms with E-state index in [-0.39, 0.29) is 10.6 Å². The number of carbonyl (C=O) groups excluding carboxylic acids is 3. The number of hydrogen-bond donors (Lipinski definition) is 1. The van der Waals surface area contributed by atoms with Gasteiger partial charge in [0.05, 0.1) is 30.5 Å². The third kappa shape index (κ3) is 5.46. The van der Waals surface area contributed by atoms with E-state index in [0.717, 1.165) is 11.3 Å². The summed E-state index contributed by atoms with van der Waals surface area (Å²) in [5.41, 5.74) is 0.534. The van der Waals surface area contributed by atoms with E-state index in [1.165, 1.54) is 6.08 Å². The average molecular weight is 473 g/mol. The summed E-state index contributed by atoms with van der Waals surface area (Å²) >= 11 is 6.39. The van der Waals surface area contributed by atoms with Gasteiger partial charge in [0.25, 0.3) is 11.8 Å². The molecule has 1 N–H and O–H groups in total. The Labute approximate surface area is 197 Å². The predicted octanol–water partition coefficient (Wildman–Crippen LogP) is 4.59. The highest BCUT2D eigenvalue weighted by atomic mass is 35.5. The van der Waals surface area contributed by atoms with Crippen LogP contribution in [-0.2, 0) is 9.59 Å². The third-order valence-electron chi connectivity index (χ3n) is 4.60. The molecule has 0 radical (unpaired) electrons. The quantitative estimate of drug-likeness (QED) is 0.423. The lowest BCUT2D eigenvalue weighted by atomic mass is 10.1. The maximum Gasteiger partial charge on any atom is 0.335 e. The van der Waals surface area contributed by atoms with Gasteiger partial charge in [-0.15, -0.1) is 0 Å². The number of nitrogens with one attached hydrogen (secondary N) is 1. The van der Waals surface area contributed by atoms with E-state index in [1.807, 2.05) is 20.8 Å². The first-order chi connectivity index (χ1) is 15.9. The third-order valence-corrected chi connectivity index (χ3v) is 4.88. The predicted molar refractivity (Wildman–Crippen MR) is 125 cm³/mol. The molecule has 0 atom stereocenters. The Kier molecular flexibility index (Phi) is 7.95. The fourth-order valence-corrected chi connectivity index (χ4v) is 3.47.